The van der Waals surface area contributed by atoms with Gasteiger partial charge in [0.25, 0.3) is 0 Å². The van der Waals surface area contributed by atoms with Crippen LogP contribution < -0.4 is 5.32 Å². The molecule has 1 nitrogen and oxygen atoms in total. The van der Waals surface area contributed by atoms with Gasteiger partial charge < -0.3 is 5.32 Å². The fourth-order valence-electron chi connectivity index (χ4n) is 1.57. The predicted molar refractivity (Wildman–Crippen MR) is 60.5 cm³/mol. The van der Waals surface area contributed by atoms with E-state index in [0.717, 1.165) is 11.4 Å². The van der Waals surface area contributed by atoms with Crippen LogP contribution in [0.25, 0.3) is 0 Å². The average molecular weight is 211 g/mol. The highest BCUT2D eigenvalue weighted by Crippen LogP contribution is 2.22. The van der Waals surface area contributed by atoms with E-state index in [-0.39, 0.29) is 5.82 Å². The quantitative estimate of drug-likeness (QED) is 0.807. The van der Waals surface area contributed by atoms with Gasteiger partial charge in [-0.15, -0.1) is 0 Å². The van der Waals surface area contributed by atoms with E-state index in [4.69, 9.17) is 0 Å². The highest BCUT2D eigenvalue weighted by molar-refractivity contribution is 7.99. The Kier molecular flexibility index (Phi) is 2.96. The Morgan fingerprint density at radius 3 is 3.00 bits per heavy atom. The van der Waals surface area contributed by atoms with E-state index >= 15 is 0 Å². The Labute approximate surface area is 88.1 Å². The third-order valence-electron chi connectivity index (χ3n) is 2.47. The Bertz CT molecular complexity index is 321. The minimum atomic E-state index is -0.124. The number of benzene rings is 1. The van der Waals surface area contributed by atoms with Gasteiger partial charge in [0.05, 0.1) is 0 Å². The van der Waals surface area contributed by atoms with E-state index in [1.807, 2.05) is 23.9 Å². The van der Waals surface area contributed by atoms with E-state index in [0.29, 0.717) is 11.6 Å². The van der Waals surface area contributed by atoms with Crippen LogP contribution in [0.1, 0.15) is 12.0 Å². The lowest BCUT2D eigenvalue weighted by Gasteiger charge is -2.13. The molecule has 1 N–H and O–H groups in total. The lowest BCUT2D eigenvalue weighted by Crippen LogP contribution is -2.18. The second kappa shape index (κ2) is 4.22. The summed E-state index contributed by atoms with van der Waals surface area (Å²) in [7, 11) is 0. The van der Waals surface area contributed by atoms with E-state index in [9.17, 15) is 4.39 Å². The molecule has 1 atom stereocenters. The first kappa shape index (κ1) is 9.84. The van der Waals surface area contributed by atoms with Crippen LogP contribution in [0.15, 0.2) is 18.2 Å². The molecular weight excluding hydrogens is 197 g/mol. The summed E-state index contributed by atoms with van der Waals surface area (Å²) >= 11 is 1.95. The van der Waals surface area contributed by atoms with Crippen LogP contribution in [-0.2, 0) is 0 Å². The summed E-state index contributed by atoms with van der Waals surface area (Å²) in [6.07, 6.45) is 1.18. The van der Waals surface area contributed by atoms with Crippen LogP contribution in [0.5, 0.6) is 0 Å². The zero-order valence-electron chi connectivity index (χ0n) is 8.22. The molecular formula is C11H14FNS. The first-order valence-electron chi connectivity index (χ1n) is 4.86. The van der Waals surface area contributed by atoms with Gasteiger partial charge in [-0.3, -0.25) is 0 Å². The largest absolute Gasteiger partial charge is 0.381 e. The van der Waals surface area contributed by atoms with Crippen molar-refractivity contribution in [3.05, 3.63) is 29.6 Å². The molecule has 0 bridgehead atoms. The predicted octanol–water partition coefficient (Wildman–Crippen LogP) is 3.05. The van der Waals surface area contributed by atoms with Crippen molar-refractivity contribution in [3.8, 4) is 0 Å². The van der Waals surface area contributed by atoms with E-state index in [1.165, 1.54) is 12.2 Å². The zero-order chi connectivity index (χ0) is 9.97. The minimum absolute atomic E-state index is 0.124. The van der Waals surface area contributed by atoms with Gasteiger partial charge in [-0.25, -0.2) is 4.39 Å². The van der Waals surface area contributed by atoms with E-state index in [2.05, 4.69) is 5.32 Å². The standard InChI is InChI=1S/C11H14FNS/c1-8-2-3-9(6-11(8)12)13-10-4-5-14-7-10/h2-3,6,10,13H,4-5,7H2,1H3. The Balaban J connectivity index is 2.05. The average Bonchev–Trinajstić information content (AvgIpc) is 2.64. The molecule has 0 spiro atoms. The monoisotopic (exact) mass is 211 g/mol. The maximum absolute atomic E-state index is 13.2. The van der Waals surface area contributed by atoms with Crippen molar-refractivity contribution in [3.63, 3.8) is 0 Å². The normalized spacial score (nSPS) is 21.1. The number of aryl methyl sites for hydroxylation is 1. The molecule has 3 heteroatoms. The van der Waals surface area contributed by atoms with Crippen molar-refractivity contribution < 1.29 is 4.39 Å². The zero-order valence-corrected chi connectivity index (χ0v) is 9.03. The topological polar surface area (TPSA) is 12.0 Å². The van der Waals surface area contributed by atoms with Gasteiger partial charge in [0.1, 0.15) is 5.82 Å². The second-order valence-electron chi connectivity index (χ2n) is 3.67. The molecule has 0 aliphatic carbocycles. The molecule has 0 aromatic heterocycles. The number of rotatable bonds is 2. The summed E-state index contributed by atoms with van der Waals surface area (Å²) in [6.45, 7) is 1.78. The van der Waals surface area contributed by atoms with Crippen molar-refractivity contribution in [1.82, 2.24) is 0 Å². The van der Waals surface area contributed by atoms with E-state index < -0.39 is 0 Å². The smallest absolute Gasteiger partial charge is 0.128 e. The molecule has 0 radical (unpaired) electrons. The lowest BCUT2D eigenvalue weighted by molar-refractivity contribution is 0.618. The van der Waals surface area contributed by atoms with Crippen molar-refractivity contribution >= 4 is 17.4 Å². The SMILES string of the molecule is Cc1ccc(NC2CCSC2)cc1F. The molecule has 1 saturated heterocycles. The summed E-state index contributed by atoms with van der Waals surface area (Å²) in [5.74, 6) is 2.22. The minimum Gasteiger partial charge on any atom is -0.381 e. The first-order chi connectivity index (χ1) is 6.75. The van der Waals surface area contributed by atoms with Crippen LogP contribution in [-0.4, -0.2) is 17.5 Å². The molecule has 14 heavy (non-hydrogen) atoms. The molecule has 1 aliphatic heterocycles. The summed E-state index contributed by atoms with van der Waals surface area (Å²) in [6, 6.07) is 5.86. The van der Waals surface area contributed by atoms with Crippen LogP contribution in [0.2, 0.25) is 0 Å². The van der Waals surface area contributed by atoms with Crippen molar-refractivity contribution in [1.29, 1.82) is 0 Å². The molecule has 1 aromatic carbocycles. The van der Waals surface area contributed by atoms with Crippen molar-refractivity contribution in [2.75, 3.05) is 16.8 Å². The second-order valence-corrected chi connectivity index (χ2v) is 4.82. The maximum atomic E-state index is 13.2. The first-order valence-corrected chi connectivity index (χ1v) is 6.01. The number of nitrogens with one attached hydrogen (secondary N) is 1. The van der Waals surface area contributed by atoms with Gasteiger partial charge in [-0.1, -0.05) is 6.07 Å². The molecule has 76 valence electrons. The molecule has 1 heterocycles. The lowest BCUT2D eigenvalue weighted by atomic mass is 10.2. The van der Waals surface area contributed by atoms with Crippen LogP contribution in [0.3, 0.4) is 0 Å². The molecule has 2 rings (SSSR count). The summed E-state index contributed by atoms with van der Waals surface area (Å²) < 4.78 is 13.2. The van der Waals surface area contributed by atoms with Crippen LogP contribution >= 0.6 is 11.8 Å². The summed E-state index contributed by atoms with van der Waals surface area (Å²) in [4.78, 5) is 0. The van der Waals surface area contributed by atoms with Crippen molar-refractivity contribution in [2.24, 2.45) is 0 Å². The van der Waals surface area contributed by atoms with Gasteiger partial charge in [0.15, 0.2) is 0 Å². The molecule has 0 amide bonds. The fourth-order valence-corrected chi connectivity index (χ4v) is 2.72. The number of halogens is 1. The molecule has 1 unspecified atom stereocenters. The number of anilines is 1. The summed E-state index contributed by atoms with van der Waals surface area (Å²) in [5, 5.41) is 3.35. The number of hydrogen-bond acceptors (Lipinski definition) is 2. The number of hydrogen-bond donors (Lipinski definition) is 1. The third kappa shape index (κ3) is 2.21. The highest BCUT2D eigenvalue weighted by Gasteiger charge is 2.14. The Morgan fingerprint density at radius 2 is 2.36 bits per heavy atom. The molecule has 1 aromatic rings. The van der Waals surface area contributed by atoms with Gasteiger partial charge in [0.2, 0.25) is 0 Å². The fraction of sp³-hybridized carbons (Fsp3) is 0.455. The third-order valence-corrected chi connectivity index (χ3v) is 3.63. The highest BCUT2D eigenvalue weighted by atomic mass is 32.2. The summed E-state index contributed by atoms with van der Waals surface area (Å²) in [5.41, 5.74) is 1.61. The van der Waals surface area contributed by atoms with Crippen LogP contribution in [0.4, 0.5) is 10.1 Å². The molecule has 1 fully saturated rings. The number of thioether (sulfide) groups is 1. The Hall–Kier alpha value is -0.700. The van der Waals surface area contributed by atoms with Gasteiger partial charge in [-0.05, 0) is 36.8 Å². The van der Waals surface area contributed by atoms with E-state index in [1.54, 1.807) is 13.0 Å². The van der Waals surface area contributed by atoms with Crippen molar-refractivity contribution in [2.45, 2.75) is 19.4 Å². The van der Waals surface area contributed by atoms with Gasteiger partial charge in [0, 0.05) is 17.5 Å². The van der Waals surface area contributed by atoms with Crippen LogP contribution in [0, 0.1) is 12.7 Å². The van der Waals surface area contributed by atoms with Gasteiger partial charge >= 0.3 is 0 Å². The Morgan fingerprint density at radius 1 is 1.50 bits per heavy atom. The van der Waals surface area contributed by atoms with Gasteiger partial charge in [-0.2, -0.15) is 11.8 Å². The maximum Gasteiger partial charge on any atom is 0.128 e. The molecule has 1 aliphatic rings. The molecule has 0 saturated carbocycles.